The van der Waals surface area contributed by atoms with Crippen LogP contribution in [0, 0.1) is 0 Å². The van der Waals surface area contributed by atoms with Gasteiger partial charge in [0.25, 0.3) is 0 Å². The summed E-state index contributed by atoms with van der Waals surface area (Å²) in [5.74, 6) is 1.41. The average molecular weight is 534 g/mol. The van der Waals surface area contributed by atoms with E-state index in [1.54, 1.807) is 37.2 Å². The molecule has 0 fully saturated rings. The molecule has 6 heterocycles. The molecule has 0 amide bonds. The molecule has 0 unspecified atom stereocenters. The molecular weight excluding hydrogens is 518 g/mol. The molecule has 6 aromatic heterocycles. The maximum Gasteiger partial charge on any atom is 2.00 e. The third-order valence-electron chi connectivity index (χ3n) is 5.91. The fraction of sp³-hybridized carbons (Fsp3) is 0. The van der Waals surface area contributed by atoms with Crippen LogP contribution in [-0.2, 0) is 19.5 Å². The fourth-order valence-electron chi connectivity index (χ4n) is 4.41. The van der Waals surface area contributed by atoms with Crippen LogP contribution in [0.25, 0.3) is 66.9 Å². The van der Waals surface area contributed by atoms with Gasteiger partial charge in [0.1, 0.15) is 22.2 Å². The van der Waals surface area contributed by atoms with Crippen molar-refractivity contribution in [1.82, 2.24) is 29.9 Å². The van der Waals surface area contributed by atoms with Gasteiger partial charge in [0.15, 0.2) is 11.2 Å². The van der Waals surface area contributed by atoms with Crippen LogP contribution in [0.1, 0.15) is 0 Å². The second-order valence-electron chi connectivity index (χ2n) is 8.02. The molecular formula is C28H16N6O2Zn. The Hall–Kier alpha value is -4.62. The van der Waals surface area contributed by atoms with Crippen LogP contribution in [0.2, 0.25) is 0 Å². The Morgan fingerprint density at radius 1 is 0.486 bits per heavy atom. The molecule has 37 heavy (non-hydrogen) atoms. The maximum atomic E-state index is 5.77. The number of pyridine rings is 2. The molecule has 0 atom stereocenters. The predicted molar refractivity (Wildman–Crippen MR) is 136 cm³/mol. The zero-order chi connectivity index (χ0) is 23.9. The van der Waals surface area contributed by atoms with E-state index < -0.39 is 0 Å². The van der Waals surface area contributed by atoms with E-state index >= 15 is 0 Å². The van der Waals surface area contributed by atoms with Gasteiger partial charge in [-0.2, -0.15) is 0 Å². The van der Waals surface area contributed by atoms with Gasteiger partial charge in [0, 0.05) is 12.4 Å². The molecule has 0 bridgehead atoms. The van der Waals surface area contributed by atoms with Gasteiger partial charge in [0.2, 0.25) is 0 Å². The van der Waals surface area contributed by atoms with Crippen LogP contribution in [-0.4, -0.2) is 19.9 Å². The summed E-state index contributed by atoms with van der Waals surface area (Å²) in [6, 6.07) is 19.3. The molecule has 0 aliphatic carbocycles. The Bertz CT molecular complexity index is 1810. The summed E-state index contributed by atoms with van der Waals surface area (Å²) in [4.78, 5) is 25.8. The van der Waals surface area contributed by atoms with E-state index in [2.05, 4.69) is 29.9 Å². The van der Waals surface area contributed by atoms with Crippen molar-refractivity contribution < 1.29 is 28.3 Å². The van der Waals surface area contributed by atoms with E-state index in [1.165, 1.54) is 0 Å². The fourth-order valence-corrected chi connectivity index (χ4v) is 4.41. The molecule has 2 aromatic carbocycles. The number of hydrogen-bond donors (Lipinski definition) is 0. The molecule has 0 saturated heterocycles. The summed E-state index contributed by atoms with van der Waals surface area (Å²) < 4.78 is 11.5. The van der Waals surface area contributed by atoms with Gasteiger partial charge in [-0.15, -0.1) is 0 Å². The first kappa shape index (κ1) is 22.8. The standard InChI is InChI=1S/2C14H8N3O.Zn/c2*1-3-9(14-16-7-8-17-14)12-10(4-1)18-11-5-2-6-15-13(11)12;/h2*1-8H;/q2*-1;+2. The molecule has 0 aliphatic rings. The zero-order valence-corrected chi connectivity index (χ0v) is 22.4. The first-order chi connectivity index (χ1) is 17.9. The van der Waals surface area contributed by atoms with Crippen molar-refractivity contribution >= 4 is 44.1 Å². The van der Waals surface area contributed by atoms with Crippen molar-refractivity contribution in [2.45, 2.75) is 0 Å². The summed E-state index contributed by atoms with van der Waals surface area (Å²) in [5.41, 5.74) is 6.81. The first-order valence-electron chi connectivity index (χ1n) is 11.3. The van der Waals surface area contributed by atoms with E-state index in [4.69, 9.17) is 8.83 Å². The van der Waals surface area contributed by atoms with Gasteiger partial charge in [-0.05, 0) is 47.5 Å². The molecule has 0 N–H and O–H groups in total. The quantitative estimate of drug-likeness (QED) is 0.249. The van der Waals surface area contributed by atoms with Crippen molar-refractivity contribution in [3.8, 4) is 22.8 Å². The summed E-state index contributed by atoms with van der Waals surface area (Å²) >= 11 is 0. The van der Waals surface area contributed by atoms with Crippen molar-refractivity contribution in [3.05, 3.63) is 97.8 Å². The molecule has 0 radical (unpaired) electrons. The number of aromatic nitrogens is 6. The number of fused-ring (bicyclic) bond motifs is 6. The Morgan fingerprint density at radius 3 is 1.38 bits per heavy atom. The summed E-state index contributed by atoms with van der Waals surface area (Å²) in [6.45, 7) is 0. The molecule has 0 saturated carbocycles. The minimum atomic E-state index is 0. The van der Waals surface area contributed by atoms with E-state index in [0.29, 0.717) is 11.6 Å². The normalized spacial score (nSPS) is 11.0. The predicted octanol–water partition coefficient (Wildman–Crippen LogP) is 6.00. The van der Waals surface area contributed by atoms with Crippen molar-refractivity contribution in [2.24, 2.45) is 0 Å². The Morgan fingerprint density at radius 2 is 0.946 bits per heavy atom. The monoisotopic (exact) mass is 532 g/mol. The topological polar surface area (TPSA) is 106 Å². The number of hydrogen-bond acceptors (Lipinski definition) is 6. The Balaban J connectivity index is 0.000000133. The SMILES string of the molecule is [Zn+2].c1cnc2c(c1)oc1cccc(-c3ncc[n-]3)c12.c1cnc2c(c1)oc1cccc(-c3ncc[n-]3)c12. The molecule has 172 valence electrons. The smallest absolute Gasteiger partial charge is 0.454 e. The van der Waals surface area contributed by atoms with Crippen molar-refractivity contribution in [2.75, 3.05) is 0 Å². The second-order valence-corrected chi connectivity index (χ2v) is 8.02. The van der Waals surface area contributed by atoms with E-state index in [-0.39, 0.29) is 19.5 Å². The van der Waals surface area contributed by atoms with Crippen molar-refractivity contribution in [1.29, 1.82) is 0 Å². The summed E-state index contributed by atoms with van der Waals surface area (Å²) in [6.07, 6.45) is 10.3. The summed E-state index contributed by atoms with van der Waals surface area (Å²) in [7, 11) is 0. The molecule has 0 spiro atoms. The Labute approximate surface area is 222 Å². The number of rotatable bonds is 2. The van der Waals surface area contributed by atoms with Gasteiger partial charge in [-0.25, -0.2) is 0 Å². The van der Waals surface area contributed by atoms with Gasteiger partial charge in [-0.3, -0.25) is 9.97 Å². The molecule has 8 nitrogen and oxygen atoms in total. The van der Waals surface area contributed by atoms with Crippen LogP contribution in [0.5, 0.6) is 0 Å². The molecule has 8 rings (SSSR count). The largest absolute Gasteiger partial charge is 2.00 e. The average Bonchev–Trinajstić information content (AvgIpc) is 3.73. The van der Waals surface area contributed by atoms with Crippen molar-refractivity contribution in [3.63, 3.8) is 0 Å². The van der Waals surface area contributed by atoms with Gasteiger partial charge in [0.05, 0.1) is 10.8 Å². The minimum Gasteiger partial charge on any atom is -0.454 e. The Kier molecular flexibility index (Phi) is 5.83. The van der Waals surface area contributed by atoms with Crippen LogP contribution < -0.4 is 9.97 Å². The molecule has 0 aliphatic heterocycles. The van der Waals surface area contributed by atoms with Gasteiger partial charge >= 0.3 is 19.5 Å². The van der Waals surface area contributed by atoms with Crippen LogP contribution >= 0.6 is 0 Å². The number of furan rings is 2. The first-order valence-corrected chi connectivity index (χ1v) is 11.3. The maximum absolute atomic E-state index is 5.77. The van der Waals surface area contributed by atoms with Gasteiger partial charge in [-0.1, -0.05) is 60.7 Å². The zero-order valence-electron chi connectivity index (χ0n) is 19.4. The number of nitrogens with zero attached hydrogens (tertiary/aromatic N) is 6. The van der Waals surface area contributed by atoms with E-state index in [9.17, 15) is 0 Å². The van der Waals surface area contributed by atoms with E-state index in [0.717, 1.165) is 55.3 Å². The van der Waals surface area contributed by atoms with Crippen LogP contribution in [0.4, 0.5) is 0 Å². The number of imidazole rings is 2. The molecule has 9 heteroatoms. The third-order valence-corrected chi connectivity index (χ3v) is 5.91. The second kappa shape index (κ2) is 9.45. The van der Waals surface area contributed by atoms with Crippen LogP contribution in [0.15, 0.2) is 107 Å². The van der Waals surface area contributed by atoms with Crippen LogP contribution in [0.3, 0.4) is 0 Å². The summed E-state index contributed by atoms with van der Waals surface area (Å²) in [5, 5.41) is 1.94. The number of benzene rings is 2. The van der Waals surface area contributed by atoms with Gasteiger partial charge < -0.3 is 28.8 Å². The minimum absolute atomic E-state index is 0. The molecule has 8 aromatic rings. The van der Waals surface area contributed by atoms with E-state index in [1.807, 2.05) is 60.7 Å². The third kappa shape index (κ3) is 3.90.